The number of aliphatic hydroxyl groups excluding tert-OH is 2. The van der Waals surface area contributed by atoms with Crippen LogP contribution in [-0.2, 0) is 9.59 Å². The fourth-order valence-electron chi connectivity index (χ4n) is 1.20. The van der Waals surface area contributed by atoms with Crippen LogP contribution >= 0.6 is 0 Å². The second kappa shape index (κ2) is 5.95. The third-order valence-corrected chi connectivity index (χ3v) is 2.15. The van der Waals surface area contributed by atoms with Crippen LogP contribution in [0.1, 0.15) is 0 Å². The number of nitrogens with one attached hydrogen (secondary N) is 2. The van der Waals surface area contributed by atoms with Gasteiger partial charge >= 0.3 is 11.9 Å². The van der Waals surface area contributed by atoms with E-state index in [2.05, 4.69) is 29.9 Å². The number of carbonyl (C=O) groups excluding carboxylic acids is 2. The van der Waals surface area contributed by atoms with Crippen molar-refractivity contribution in [1.29, 1.82) is 0 Å². The first-order valence-electron chi connectivity index (χ1n) is 5.36. The van der Waals surface area contributed by atoms with Gasteiger partial charge in [-0.1, -0.05) is 0 Å². The summed E-state index contributed by atoms with van der Waals surface area (Å²) in [6.07, 6.45) is -1.57. The van der Waals surface area contributed by atoms with Gasteiger partial charge in [-0.25, -0.2) is 19.8 Å². The van der Waals surface area contributed by atoms with Gasteiger partial charge in [0.15, 0.2) is 12.2 Å². The smallest absolute Gasteiger partial charge is 0.345 e. The normalized spacial score (nSPS) is 13.5. The Morgan fingerprint density at radius 3 is 1.65 bits per heavy atom. The van der Waals surface area contributed by atoms with Crippen LogP contribution in [0.5, 0.6) is 11.8 Å². The van der Waals surface area contributed by atoms with E-state index in [1.54, 1.807) is 0 Å². The largest absolute Gasteiger partial charge is 0.406 e. The number of ether oxygens (including phenoxy) is 2. The van der Waals surface area contributed by atoms with Crippen molar-refractivity contribution < 1.29 is 29.3 Å². The summed E-state index contributed by atoms with van der Waals surface area (Å²) in [4.78, 5) is 22.9. The average molecular weight is 282 g/mol. The minimum Gasteiger partial charge on any atom is -0.406 e. The standard InChI is InChI=1S/C10H10N4O6/c15-7(9(17)19-5-1-3-11-13-5)8(16)10(18)20-6-2-4-12-14-6/h1-4,7-8,15-16H,(H,11,13)(H,12,14). The summed E-state index contributed by atoms with van der Waals surface area (Å²) in [6.45, 7) is 0. The summed E-state index contributed by atoms with van der Waals surface area (Å²) >= 11 is 0. The Balaban J connectivity index is 1.91. The molecule has 0 spiro atoms. The number of H-pyrrole nitrogens is 2. The Morgan fingerprint density at radius 1 is 0.950 bits per heavy atom. The number of carbonyl (C=O) groups is 2. The van der Waals surface area contributed by atoms with E-state index < -0.39 is 24.1 Å². The van der Waals surface area contributed by atoms with E-state index in [-0.39, 0.29) is 11.8 Å². The van der Waals surface area contributed by atoms with E-state index in [9.17, 15) is 19.8 Å². The Hall–Kier alpha value is -2.72. The lowest BCUT2D eigenvalue weighted by Gasteiger charge is -2.14. The predicted molar refractivity (Wildman–Crippen MR) is 60.5 cm³/mol. The van der Waals surface area contributed by atoms with E-state index in [1.807, 2.05) is 0 Å². The number of hydrogen-bond donors (Lipinski definition) is 4. The predicted octanol–water partition coefficient (Wildman–Crippen LogP) is -1.63. The molecule has 2 aromatic heterocycles. The highest BCUT2D eigenvalue weighted by molar-refractivity contribution is 5.86. The molecule has 0 radical (unpaired) electrons. The maximum absolute atomic E-state index is 11.5. The van der Waals surface area contributed by atoms with Gasteiger partial charge < -0.3 is 19.7 Å². The topological polar surface area (TPSA) is 150 Å². The molecule has 20 heavy (non-hydrogen) atoms. The van der Waals surface area contributed by atoms with Gasteiger partial charge in [0, 0.05) is 12.1 Å². The molecular weight excluding hydrogens is 272 g/mol. The monoisotopic (exact) mass is 282 g/mol. The zero-order valence-electron chi connectivity index (χ0n) is 9.89. The van der Waals surface area contributed by atoms with Crippen molar-refractivity contribution in [3.05, 3.63) is 24.5 Å². The van der Waals surface area contributed by atoms with Crippen LogP contribution in [0.25, 0.3) is 0 Å². The molecule has 0 saturated heterocycles. The van der Waals surface area contributed by atoms with E-state index in [1.165, 1.54) is 24.5 Å². The van der Waals surface area contributed by atoms with Crippen molar-refractivity contribution in [2.75, 3.05) is 0 Å². The molecule has 0 aliphatic heterocycles. The zero-order valence-corrected chi connectivity index (χ0v) is 9.89. The SMILES string of the molecule is O=C(Oc1ccn[nH]1)C(O)C(O)C(=O)Oc1ccn[nH]1. The molecular formula is C10H10N4O6. The van der Waals surface area contributed by atoms with Crippen molar-refractivity contribution in [2.24, 2.45) is 0 Å². The molecule has 10 nitrogen and oxygen atoms in total. The van der Waals surface area contributed by atoms with Gasteiger partial charge in [0.2, 0.25) is 11.8 Å². The third-order valence-electron chi connectivity index (χ3n) is 2.15. The van der Waals surface area contributed by atoms with Gasteiger partial charge in [-0.2, -0.15) is 10.2 Å². The van der Waals surface area contributed by atoms with E-state index in [4.69, 9.17) is 0 Å². The molecule has 0 aromatic carbocycles. The maximum Gasteiger partial charge on any atom is 0.345 e. The zero-order chi connectivity index (χ0) is 14.5. The minimum atomic E-state index is -2.10. The number of nitrogens with zero attached hydrogens (tertiary/aromatic N) is 2. The number of aromatic nitrogens is 4. The Bertz CT molecular complexity index is 514. The van der Waals surface area contributed by atoms with Crippen LogP contribution in [0, 0.1) is 0 Å². The molecule has 2 heterocycles. The van der Waals surface area contributed by atoms with E-state index in [0.29, 0.717) is 0 Å². The molecule has 0 fully saturated rings. The molecule has 0 aliphatic carbocycles. The number of aliphatic hydroxyl groups is 2. The van der Waals surface area contributed by atoms with Gasteiger partial charge in [0.05, 0.1) is 12.4 Å². The second-order valence-corrected chi connectivity index (χ2v) is 3.57. The number of hydrogen-bond acceptors (Lipinski definition) is 8. The average Bonchev–Trinajstić information content (AvgIpc) is 3.10. The van der Waals surface area contributed by atoms with Gasteiger partial charge in [-0.3, -0.25) is 0 Å². The summed E-state index contributed by atoms with van der Waals surface area (Å²) in [5.74, 6) is -2.54. The van der Waals surface area contributed by atoms with Crippen molar-refractivity contribution in [3.63, 3.8) is 0 Å². The van der Waals surface area contributed by atoms with Gasteiger partial charge in [-0.05, 0) is 0 Å². The molecule has 10 heteroatoms. The molecule has 4 N–H and O–H groups in total. The van der Waals surface area contributed by atoms with Crippen LogP contribution < -0.4 is 9.47 Å². The summed E-state index contributed by atoms with van der Waals surface area (Å²) in [6, 6.07) is 2.64. The fourth-order valence-corrected chi connectivity index (χ4v) is 1.20. The lowest BCUT2D eigenvalue weighted by Crippen LogP contribution is -2.43. The van der Waals surface area contributed by atoms with Crippen molar-refractivity contribution in [3.8, 4) is 11.8 Å². The van der Waals surface area contributed by atoms with Crippen LogP contribution in [0.2, 0.25) is 0 Å². The Morgan fingerprint density at radius 2 is 1.35 bits per heavy atom. The highest BCUT2D eigenvalue weighted by atomic mass is 16.6. The first kappa shape index (κ1) is 13.7. The second-order valence-electron chi connectivity index (χ2n) is 3.57. The fraction of sp³-hybridized carbons (Fsp3) is 0.200. The van der Waals surface area contributed by atoms with Gasteiger partial charge in [0.25, 0.3) is 0 Å². The molecule has 2 unspecified atom stereocenters. The minimum absolute atomic E-state index is 0.0387. The molecule has 2 rings (SSSR count). The van der Waals surface area contributed by atoms with Gasteiger partial charge in [-0.15, -0.1) is 0 Å². The highest BCUT2D eigenvalue weighted by Crippen LogP contribution is 2.08. The number of aromatic amines is 2. The van der Waals surface area contributed by atoms with Crippen LogP contribution in [0.4, 0.5) is 0 Å². The summed E-state index contributed by atoms with van der Waals surface area (Å²) in [7, 11) is 0. The highest BCUT2D eigenvalue weighted by Gasteiger charge is 2.34. The first-order chi connectivity index (χ1) is 9.58. The molecule has 2 aromatic rings. The quantitative estimate of drug-likeness (QED) is 0.477. The number of esters is 2. The molecule has 0 aliphatic rings. The maximum atomic E-state index is 11.5. The Labute approximate surface area is 111 Å². The van der Waals surface area contributed by atoms with E-state index in [0.717, 1.165) is 0 Å². The first-order valence-corrected chi connectivity index (χ1v) is 5.36. The summed E-state index contributed by atoms with van der Waals surface area (Å²) < 4.78 is 9.26. The van der Waals surface area contributed by atoms with Crippen molar-refractivity contribution in [1.82, 2.24) is 20.4 Å². The lowest BCUT2D eigenvalue weighted by atomic mass is 10.2. The molecule has 2 atom stereocenters. The molecule has 0 saturated carbocycles. The Kier molecular flexibility index (Phi) is 4.08. The van der Waals surface area contributed by atoms with Crippen LogP contribution in [0.3, 0.4) is 0 Å². The third kappa shape index (κ3) is 3.18. The van der Waals surface area contributed by atoms with E-state index >= 15 is 0 Å². The van der Waals surface area contributed by atoms with Gasteiger partial charge in [0.1, 0.15) is 0 Å². The van der Waals surface area contributed by atoms with Crippen LogP contribution in [-0.4, -0.2) is 54.8 Å². The van der Waals surface area contributed by atoms with Crippen LogP contribution in [0.15, 0.2) is 24.5 Å². The summed E-state index contributed by atoms with van der Waals surface area (Å²) in [5, 5.41) is 30.7. The van der Waals surface area contributed by atoms with Crippen molar-refractivity contribution >= 4 is 11.9 Å². The molecule has 0 amide bonds. The molecule has 106 valence electrons. The number of rotatable bonds is 5. The van der Waals surface area contributed by atoms with Crippen molar-refractivity contribution in [2.45, 2.75) is 12.2 Å². The molecule has 0 bridgehead atoms. The lowest BCUT2D eigenvalue weighted by molar-refractivity contribution is -0.162. The summed E-state index contributed by atoms with van der Waals surface area (Å²) in [5.41, 5.74) is 0.